The average molecular weight is 449 g/mol. The maximum atomic E-state index is 5.97. The molecule has 5 aromatic rings. The van der Waals surface area contributed by atoms with Crippen LogP contribution in [0.5, 0.6) is 0 Å². The molecule has 0 aliphatic carbocycles. The van der Waals surface area contributed by atoms with Gasteiger partial charge in [0, 0.05) is 61.9 Å². The van der Waals surface area contributed by atoms with Crippen LogP contribution in [0.2, 0.25) is 0 Å². The zero-order valence-corrected chi connectivity index (χ0v) is 19.4. The third-order valence-corrected chi connectivity index (χ3v) is 6.95. The number of nitrogens with zero attached hydrogens (tertiary/aromatic N) is 5. The van der Waals surface area contributed by atoms with E-state index in [1.807, 2.05) is 16.9 Å². The molecule has 0 spiro atoms. The zero-order valence-electron chi connectivity index (χ0n) is 19.4. The molecule has 0 unspecified atom stereocenters. The molecular formula is C28H28N6. The van der Waals surface area contributed by atoms with Gasteiger partial charge in [0.2, 0.25) is 0 Å². The summed E-state index contributed by atoms with van der Waals surface area (Å²) >= 11 is 0. The molecule has 1 aliphatic rings. The fourth-order valence-electron chi connectivity index (χ4n) is 4.92. The van der Waals surface area contributed by atoms with Gasteiger partial charge in [0.15, 0.2) is 5.65 Å². The van der Waals surface area contributed by atoms with E-state index in [1.165, 1.54) is 16.5 Å². The van der Waals surface area contributed by atoms with Crippen molar-refractivity contribution in [2.45, 2.75) is 6.54 Å². The minimum absolute atomic E-state index is 0.519. The van der Waals surface area contributed by atoms with Gasteiger partial charge in [0.1, 0.15) is 0 Å². The fraction of sp³-hybridized carbons (Fsp3) is 0.214. The van der Waals surface area contributed by atoms with Gasteiger partial charge in [-0.15, -0.1) is 0 Å². The molecular weight excluding hydrogens is 420 g/mol. The highest BCUT2D eigenvalue weighted by molar-refractivity contribution is 6.01. The molecule has 6 heteroatoms. The first-order valence-electron chi connectivity index (χ1n) is 11.8. The van der Waals surface area contributed by atoms with Crippen LogP contribution in [0, 0.1) is 0 Å². The highest BCUT2D eigenvalue weighted by Gasteiger charge is 2.15. The Morgan fingerprint density at radius 1 is 0.794 bits per heavy atom. The van der Waals surface area contributed by atoms with Crippen molar-refractivity contribution in [1.29, 1.82) is 0 Å². The summed E-state index contributed by atoms with van der Waals surface area (Å²) in [7, 11) is 2.18. The van der Waals surface area contributed by atoms with Crippen molar-refractivity contribution in [3.05, 3.63) is 84.8 Å². The molecule has 1 saturated heterocycles. The maximum Gasteiger partial charge on any atom is 0.162 e. The van der Waals surface area contributed by atoms with Gasteiger partial charge in [0.05, 0.1) is 6.20 Å². The lowest BCUT2D eigenvalue weighted by atomic mass is 9.96. The predicted molar refractivity (Wildman–Crippen MR) is 139 cm³/mol. The number of hydrogen-bond donors (Lipinski definition) is 1. The number of anilines is 1. The van der Waals surface area contributed by atoms with Gasteiger partial charge in [-0.1, -0.05) is 48.5 Å². The lowest BCUT2D eigenvalue weighted by molar-refractivity contribution is 0.313. The van der Waals surface area contributed by atoms with E-state index in [4.69, 9.17) is 10.7 Å². The molecule has 0 saturated carbocycles. The molecule has 34 heavy (non-hydrogen) atoms. The molecule has 2 N–H and O–H groups in total. The van der Waals surface area contributed by atoms with E-state index in [0.29, 0.717) is 6.54 Å². The van der Waals surface area contributed by atoms with E-state index in [-0.39, 0.29) is 0 Å². The van der Waals surface area contributed by atoms with Crippen LogP contribution >= 0.6 is 0 Å². The third-order valence-electron chi connectivity index (χ3n) is 6.95. The van der Waals surface area contributed by atoms with Crippen molar-refractivity contribution in [3.8, 4) is 22.3 Å². The molecule has 0 atom stereocenters. The van der Waals surface area contributed by atoms with Gasteiger partial charge >= 0.3 is 0 Å². The number of fused-ring (bicyclic) bond motifs is 2. The van der Waals surface area contributed by atoms with E-state index in [2.05, 4.69) is 88.8 Å². The summed E-state index contributed by atoms with van der Waals surface area (Å²) in [4.78, 5) is 9.65. The molecule has 0 bridgehead atoms. The molecule has 3 heterocycles. The monoisotopic (exact) mass is 448 g/mol. The van der Waals surface area contributed by atoms with Crippen LogP contribution in [-0.4, -0.2) is 52.7 Å². The van der Waals surface area contributed by atoms with Gasteiger partial charge in [-0.2, -0.15) is 5.10 Å². The van der Waals surface area contributed by atoms with E-state index in [9.17, 15) is 0 Å². The number of hydrogen-bond acceptors (Lipinski definition) is 5. The summed E-state index contributed by atoms with van der Waals surface area (Å²) in [6.45, 7) is 4.87. The standard InChI is InChI=1S/C28H28N6/c1-32-12-14-33(15-13-32)23-9-6-20(7-10-23)22-17-30-28-27(18-31-34(28)19-22)26-11-8-21(16-29)24-4-2-3-5-25(24)26/h2-11,17-19H,12-16,29H2,1H3. The zero-order chi connectivity index (χ0) is 23.1. The molecule has 1 fully saturated rings. The van der Waals surface area contributed by atoms with Gasteiger partial charge in [-0.3, -0.25) is 0 Å². The topological polar surface area (TPSA) is 62.7 Å². The second-order valence-corrected chi connectivity index (χ2v) is 9.03. The van der Waals surface area contributed by atoms with Crippen molar-refractivity contribution in [2.24, 2.45) is 5.73 Å². The van der Waals surface area contributed by atoms with E-state index in [1.54, 1.807) is 0 Å². The first kappa shape index (κ1) is 20.8. The molecule has 170 valence electrons. The molecule has 6 nitrogen and oxygen atoms in total. The smallest absolute Gasteiger partial charge is 0.162 e. The Morgan fingerprint density at radius 3 is 2.32 bits per heavy atom. The minimum Gasteiger partial charge on any atom is -0.369 e. The van der Waals surface area contributed by atoms with Gasteiger partial charge in [0.25, 0.3) is 0 Å². The SMILES string of the molecule is CN1CCN(c2ccc(-c3cnc4c(-c5ccc(CN)c6ccccc56)cnn4c3)cc2)CC1. The summed E-state index contributed by atoms with van der Waals surface area (Å²) in [5.74, 6) is 0. The van der Waals surface area contributed by atoms with Crippen LogP contribution < -0.4 is 10.6 Å². The number of aromatic nitrogens is 3. The number of likely N-dealkylation sites (N-methyl/N-ethyl adjacent to an activating group) is 1. The van der Waals surface area contributed by atoms with Gasteiger partial charge < -0.3 is 15.5 Å². The number of rotatable bonds is 4. The van der Waals surface area contributed by atoms with E-state index >= 15 is 0 Å². The molecule has 0 amide bonds. The first-order chi connectivity index (χ1) is 16.7. The third kappa shape index (κ3) is 3.61. The lowest BCUT2D eigenvalue weighted by Crippen LogP contribution is -2.44. The molecule has 6 rings (SSSR count). The van der Waals surface area contributed by atoms with Crippen molar-refractivity contribution >= 4 is 22.1 Å². The fourth-order valence-corrected chi connectivity index (χ4v) is 4.92. The summed E-state index contributed by atoms with van der Waals surface area (Å²) in [6, 6.07) is 21.4. The second-order valence-electron chi connectivity index (χ2n) is 9.03. The van der Waals surface area contributed by atoms with Crippen LogP contribution in [0.1, 0.15) is 5.56 Å². The Morgan fingerprint density at radius 2 is 1.56 bits per heavy atom. The van der Waals surface area contributed by atoms with Crippen molar-refractivity contribution in [2.75, 3.05) is 38.1 Å². The summed E-state index contributed by atoms with van der Waals surface area (Å²) in [5, 5.41) is 7.00. The largest absolute Gasteiger partial charge is 0.369 e. The van der Waals surface area contributed by atoms with E-state index < -0.39 is 0 Å². The summed E-state index contributed by atoms with van der Waals surface area (Å²) in [6.07, 6.45) is 5.92. The molecule has 3 aromatic carbocycles. The number of piperazine rings is 1. The Balaban J connectivity index is 1.33. The lowest BCUT2D eigenvalue weighted by Gasteiger charge is -2.34. The minimum atomic E-state index is 0.519. The van der Waals surface area contributed by atoms with Crippen molar-refractivity contribution in [3.63, 3.8) is 0 Å². The Kier molecular flexibility index (Phi) is 5.24. The summed E-state index contributed by atoms with van der Waals surface area (Å²) < 4.78 is 1.88. The maximum absolute atomic E-state index is 5.97. The Labute approximate surface area is 199 Å². The summed E-state index contributed by atoms with van der Waals surface area (Å²) in [5.41, 5.74) is 13.6. The van der Waals surface area contributed by atoms with Gasteiger partial charge in [-0.25, -0.2) is 9.50 Å². The van der Waals surface area contributed by atoms with Crippen LogP contribution in [0.15, 0.2) is 79.3 Å². The quantitative estimate of drug-likeness (QED) is 0.441. The van der Waals surface area contributed by atoms with Gasteiger partial charge in [-0.05, 0) is 46.6 Å². The normalized spacial score (nSPS) is 14.8. The number of benzene rings is 3. The van der Waals surface area contributed by atoms with Crippen LogP contribution in [0.3, 0.4) is 0 Å². The highest BCUT2D eigenvalue weighted by Crippen LogP contribution is 2.33. The van der Waals surface area contributed by atoms with Crippen LogP contribution in [0.4, 0.5) is 5.69 Å². The Bertz CT molecular complexity index is 1460. The Hall–Kier alpha value is -3.74. The second kappa shape index (κ2) is 8.56. The molecule has 2 aromatic heterocycles. The first-order valence-corrected chi connectivity index (χ1v) is 11.8. The van der Waals surface area contributed by atoms with Crippen LogP contribution in [-0.2, 0) is 6.54 Å². The van der Waals surface area contributed by atoms with Crippen molar-refractivity contribution < 1.29 is 0 Å². The van der Waals surface area contributed by atoms with E-state index in [0.717, 1.165) is 59.6 Å². The van der Waals surface area contributed by atoms with Crippen molar-refractivity contribution in [1.82, 2.24) is 19.5 Å². The van der Waals surface area contributed by atoms with Crippen LogP contribution in [0.25, 0.3) is 38.7 Å². The molecule has 0 radical (unpaired) electrons. The molecule has 1 aliphatic heterocycles. The predicted octanol–water partition coefficient (Wildman–Crippen LogP) is 4.43. The average Bonchev–Trinajstić information content (AvgIpc) is 3.32. The highest BCUT2D eigenvalue weighted by atomic mass is 15.2. The number of nitrogens with two attached hydrogens (primary N) is 1.